The Balaban J connectivity index is 0. The van der Waals surface area contributed by atoms with Gasteiger partial charge in [-0.3, -0.25) is 0 Å². The summed E-state index contributed by atoms with van der Waals surface area (Å²) in [5.74, 6) is 0. The van der Waals surface area contributed by atoms with Crippen LogP contribution in [0.1, 0.15) is 0 Å². The fourth-order valence-corrected chi connectivity index (χ4v) is 1.10. The van der Waals surface area contributed by atoms with Gasteiger partial charge in [0.25, 0.3) is 0 Å². The first-order valence-electron chi connectivity index (χ1n) is 5.39. The summed E-state index contributed by atoms with van der Waals surface area (Å²) in [5.41, 5.74) is 0. The smallest absolute Gasteiger partial charge is 0.0701 e. The van der Waals surface area contributed by atoms with E-state index >= 15 is 0 Å². The minimum Gasteiger partial charge on any atom is -1.00 e. The van der Waals surface area contributed by atoms with Crippen LogP contribution in [0.15, 0.2) is 0 Å². The van der Waals surface area contributed by atoms with Crippen LogP contribution in [0, 0.1) is 0 Å². The molecule has 0 aromatic rings. The Bertz CT molecular complexity index is 83.3. The van der Waals surface area contributed by atoms with Crippen molar-refractivity contribution < 1.29 is 54.6 Å². The Morgan fingerprint density at radius 1 is 0.353 bits per heavy atom. The summed E-state index contributed by atoms with van der Waals surface area (Å²) in [6.45, 7) is 6.11. The van der Waals surface area contributed by atoms with Crippen LogP contribution in [-0.2, 0) is 42.2 Å². The molecule has 0 bridgehead atoms. The van der Waals surface area contributed by atoms with Gasteiger partial charge in [0.2, 0.25) is 0 Å². The van der Waals surface area contributed by atoms with Crippen molar-refractivity contribution in [1.82, 2.24) is 0 Å². The Labute approximate surface area is 121 Å². The fourth-order valence-electron chi connectivity index (χ4n) is 1.10. The number of ether oxygens (including phenoxy) is 5. The third kappa shape index (κ3) is 14.6. The van der Waals surface area contributed by atoms with Crippen LogP contribution in [0.3, 0.4) is 0 Å². The van der Waals surface area contributed by atoms with E-state index in [-0.39, 0.29) is 31.0 Å². The van der Waals surface area contributed by atoms with E-state index in [4.69, 9.17) is 23.7 Å². The Morgan fingerprint density at radius 2 is 0.471 bits per heavy atom. The summed E-state index contributed by atoms with van der Waals surface area (Å²) in [7, 11) is 0. The van der Waals surface area contributed by atoms with Crippen LogP contribution in [-0.4, -0.2) is 66.1 Å². The Hall–Kier alpha value is 0.674. The molecule has 0 N–H and O–H groups in total. The van der Waals surface area contributed by atoms with E-state index in [1.54, 1.807) is 0 Å². The minimum atomic E-state index is 0. The predicted molar refractivity (Wildman–Crippen MR) is 54.1 cm³/mol. The molecule has 103 valence electrons. The van der Waals surface area contributed by atoms with Gasteiger partial charge in [0.1, 0.15) is 0 Å². The van der Waals surface area contributed by atoms with Crippen LogP contribution < -0.4 is 12.4 Å². The van der Waals surface area contributed by atoms with Crippen molar-refractivity contribution in [2.75, 3.05) is 66.1 Å². The van der Waals surface area contributed by atoms with Crippen molar-refractivity contribution in [1.29, 1.82) is 0 Å². The molecule has 0 aromatic carbocycles. The number of halogens is 1. The van der Waals surface area contributed by atoms with Gasteiger partial charge in [0.05, 0.1) is 66.1 Å². The Kier molecular flexibility index (Phi) is 19.6. The van der Waals surface area contributed by atoms with Gasteiger partial charge in [-0.15, -0.1) is 0 Å². The van der Waals surface area contributed by atoms with Gasteiger partial charge < -0.3 is 36.1 Å². The molecular formula is C10H20ClO5V-. The van der Waals surface area contributed by atoms with Gasteiger partial charge >= 0.3 is 0 Å². The molecule has 17 heavy (non-hydrogen) atoms. The number of hydrogen-bond donors (Lipinski definition) is 0. The predicted octanol–water partition coefficient (Wildman–Crippen LogP) is -2.92. The molecule has 1 aliphatic rings. The van der Waals surface area contributed by atoms with Gasteiger partial charge in [0, 0.05) is 18.6 Å². The maximum absolute atomic E-state index is 5.28. The van der Waals surface area contributed by atoms with Gasteiger partial charge in [-0.2, -0.15) is 0 Å². The largest absolute Gasteiger partial charge is 1.00 e. The van der Waals surface area contributed by atoms with E-state index < -0.39 is 0 Å². The van der Waals surface area contributed by atoms with Crippen molar-refractivity contribution in [2.24, 2.45) is 0 Å². The maximum Gasteiger partial charge on any atom is 0.0701 e. The molecule has 0 unspecified atom stereocenters. The van der Waals surface area contributed by atoms with Gasteiger partial charge in [-0.1, -0.05) is 0 Å². The van der Waals surface area contributed by atoms with E-state index in [9.17, 15) is 0 Å². The first-order valence-corrected chi connectivity index (χ1v) is 5.39. The molecule has 1 radical (unpaired) electrons. The summed E-state index contributed by atoms with van der Waals surface area (Å²) in [5, 5.41) is 0. The Morgan fingerprint density at radius 3 is 0.588 bits per heavy atom. The van der Waals surface area contributed by atoms with Crippen LogP contribution in [0.4, 0.5) is 0 Å². The first kappa shape index (κ1) is 20.0. The third-order valence-corrected chi connectivity index (χ3v) is 1.86. The molecule has 0 aromatic heterocycles. The summed E-state index contributed by atoms with van der Waals surface area (Å²) in [4.78, 5) is 0. The fraction of sp³-hybridized carbons (Fsp3) is 1.00. The molecule has 0 spiro atoms. The second-order valence-electron chi connectivity index (χ2n) is 3.06. The average Bonchev–Trinajstić information content (AvgIpc) is 2.27. The minimum absolute atomic E-state index is 0. The summed E-state index contributed by atoms with van der Waals surface area (Å²) >= 11 is 0. The zero-order valence-electron chi connectivity index (χ0n) is 9.94. The van der Waals surface area contributed by atoms with Crippen molar-refractivity contribution in [3.8, 4) is 0 Å². The molecule has 7 heteroatoms. The van der Waals surface area contributed by atoms with Gasteiger partial charge in [-0.25, -0.2) is 0 Å². The van der Waals surface area contributed by atoms with E-state index in [1.165, 1.54) is 0 Å². The van der Waals surface area contributed by atoms with Gasteiger partial charge in [-0.05, 0) is 0 Å². The molecule has 0 atom stereocenters. The number of hydrogen-bond acceptors (Lipinski definition) is 5. The molecule has 0 saturated carbocycles. The van der Waals surface area contributed by atoms with Crippen LogP contribution >= 0.6 is 0 Å². The number of rotatable bonds is 0. The zero-order valence-corrected chi connectivity index (χ0v) is 12.1. The van der Waals surface area contributed by atoms with Crippen LogP contribution in [0.2, 0.25) is 0 Å². The van der Waals surface area contributed by atoms with E-state index in [2.05, 4.69) is 0 Å². The zero-order chi connectivity index (χ0) is 10.6. The topological polar surface area (TPSA) is 46.2 Å². The summed E-state index contributed by atoms with van der Waals surface area (Å²) in [6, 6.07) is 0. The van der Waals surface area contributed by atoms with Crippen molar-refractivity contribution in [2.45, 2.75) is 0 Å². The monoisotopic (exact) mass is 306 g/mol. The molecule has 1 saturated heterocycles. The van der Waals surface area contributed by atoms with Crippen molar-refractivity contribution in [3.05, 3.63) is 0 Å². The van der Waals surface area contributed by atoms with Crippen molar-refractivity contribution in [3.63, 3.8) is 0 Å². The molecule has 5 nitrogen and oxygen atoms in total. The second kappa shape index (κ2) is 16.7. The summed E-state index contributed by atoms with van der Waals surface area (Å²) < 4.78 is 26.4. The molecule has 1 aliphatic heterocycles. The first-order chi connectivity index (χ1) is 7.50. The second-order valence-corrected chi connectivity index (χ2v) is 3.06. The van der Waals surface area contributed by atoms with E-state index in [0.717, 1.165) is 0 Å². The van der Waals surface area contributed by atoms with Crippen LogP contribution in [0.5, 0.6) is 0 Å². The molecule has 1 heterocycles. The SMILES string of the molecule is C1COCCOCCOCCOCCO1.[Cl-].[V]. The van der Waals surface area contributed by atoms with Crippen molar-refractivity contribution >= 4 is 0 Å². The van der Waals surface area contributed by atoms with Gasteiger partial charge in [0.15, 0.2) is 0 Å². The third-order valence-electron chi connectivity index (χ3n) is 1.86. The molecule has 0 amide bonds. The van der Waals surface area contributed by atoms with Crippen LogP contribution in [0.25, 0.3) is 0 Å². The molecule has 1 fully saturated rings. The molecular weight excluding hydrogens is 287 g/mol. The maximum atomic E-state index is 5.28. The standard InChI is InChI=1S/C10H20O5.ClH.V/c1-2-12-5-6-14-9-10-15-8-7-13-4-3-11-1;;/h1-10H2;1H;/p-1. The summed E-state index contributed by atoms with van der Waals surface area (Å²) in [6.07, 6.45) is 0. The molecule has 0 aliphatic carbocycles. The quantitative estimate of drug-likeness (QED) is 0.480. The van der Waals surface area contributed by atoms with E-state index in [0.29, 0.717) is 66.1 Å². The average molecular weight is 307 g/mol. The van der Waals surface area contributed by atoms with E-state index in [1.807, 2.05) is 0 Å². The normalized spacial score (nSPS) is 21.2. The molecule has 1 rings (SSSR count).